The van der Waals surface area contributed by atoms with Crippen LogP contribution < -0.4 is 15.4 Å². The predicted octanol–water partition coefficient (Wildman–Crippen LogP) is 7.65. The fraction of sp³-hybridized carbons (Fsp3) is 0.167. The van der Waals surface area contributed by atoms with Crippen molar-refractivity contribution in [3.8, 4) is 11.5 Å². The van der Waals surface area contributed by atoms with E-state index in [0.717, 1.165) is 26.6 Å². The Bertz CT molecular complexity index is 1500. The maximum Gasteiger partial charge on any atom is 0.306 e. The lowest BCUT2D eigenvalue weighted by molar-refractivity contribution is -0.147. The van der Waals surface area contributed by atoms with Gasteiger partial charge in [-0.25, -0.2) is 0 Å². The summed E-state index contributed by atoms with van der Waals surface area (Å²) in [6.45, 7) is 1.40. The summed E-state index contributed by atoms with van der Waals surface area (Å²) in [6, 6.07) is 24.3. The van der Waals surface area contributed by atoms with Crippen molar-refractivity contribution in [2.45, 2.75) is 26.2 Å². The minimum Gasteiger partial charge on any atom is -0.457 e. The Morgan fingerprint density at radius 1 is 0.872 bits per heavy atom. The van der Waals surface area contributed by atoms with E-state index in [1.807, 2.05) is 49.4 Å². The maximum atomic E-state index is 12.3. The van der Waals surface area contributed by atoms with Gasteiger partial charge in [-0.05, 0) is 82.7 Å². The molecule has 0 aliphatic carbocycles. The number of anilines is 2. The average molecular weight is 610 g/mol. The molecule has 200 valence electrons. The van der Waals surface area contributed by atoms with Gasteiger partial charge in [0.1, 0.15) is 11.5 Å². The van der Waals surface area contributed by atoms with Gasteiger partial charge in [0.05, 0.1) is 5.02 Å². The van der Waals surface area contributed by atoms with Crippen molar-refractivity contribution < 1.29 is 23.9 Å². The highest BCUT2D eigenvalue weighted by Gasteiger charge is 2.12. The van der Waals surface area contributed by atoms with Crippen LogP contribution in [-0.2, 0) is 19.1 Å². The summed E-state index contributed by atoms with van der Waals surface area (Å²) in [4.78, 5) is 36.4. The molecular weight excluding hydrogens is 584 g/mol. The molecule has 4 aromatic carbocycles. The fourth-order valence-electron chi connectivity index (χ4n) is 3.82. The molecule has 0 spiro atoms. The zero-order valence-corrected chi connectivity index (χ0v) is 23.5. The molecule has 0 saturated carbocycles. The molecule has 4 rings (SSSR count). The Balaban J connectivity index is 1.17. The molecule has 0 radical (unpaired) electrons. The minimum absolute atomic E-state index is 0.0155. The number of carbonyl (C=O) groups excluding carboxylic acids is 3. The Morgan fingerprint density at radius 2 is 1.62 bits per heavy atom. The predicted molar refractivity (Wildman–Crippen MR) is 156 cm³/mol. The lowest BCUT2D eigenvalue weighted by Crippen LogP contribution is -2.21. The van der Waals surface area contributed by atoms with Crippen LogP contribution in [0.25, 0.3) is 10.8 Å². The van der Waals surface area contributed by atoms with Crippen LogP contribution >= 0.6 is 27.5 Å². The van der Waals surface area contributed by atoms with Crippen molar-refractivity contribution in [1.29, 1.82) is 0 Å². The molecule has 7 nitrogen and oxygen atoms in total. The Hall–Kier alpha value is -3.88. The summed E-state index contributed by atoms with van der Waals surface area (Å²) >= 11 is 9.38. The molecule has 0 unspecified atom stereocenters. The summed E-state index contributed by atoms with van der Waals surface area (Å²) < 4.78 is 11.8. The van der Waals surface area contributed by atoms with Crippen LogP contribution in [0.15, 0.2) is 83.3 Å². The summed E-state index contributed by atoms with van der Waals surface area (Å²) in [5, 5.41) is 8.03. The van der Waals surface area contributed by atoms with Crippen LogP contribution in [0.2, 0.25) is 5.02 Å². The van der Waals surface area contributed by atoms with E-state index in [4.69, 9.17) is 21.1 Å². The van der Waals surface area contributed by atoms with Gasteiger partial charge in [-0.15, -0.1) is 0 Å². The van der Waals surface area contributed by atoms with E-state index in [1.165, 1.54) is 0 Å². The molecule has 0 saturated heterocycles. The smallest absolute Gasteiger partial charge is 0.306 e. The summed E-state index contributed by atoms with van der Waals surface area (Å²) in [5.41, 5.74) is 1.96. The maximum absolute atomic E-state index is 12.3. The van der Waals surface area contributed by atoms with E-state index in [-0.39, 0.29) is 25.2 Å². The first kappa shape index (κ1) is 28.1. The van der Waals surface area contributed by atoms with Gasteiger partial charge < -0.3 is 20.1 Å². The second-order valence-electron chi connectivity index (χ2n) is 8.80. The Kier molecular flexibility index (Phi) is 9.57. The number of hydrogen-bond donors (Lipinski definition) is 2. The summed E-state index contributed by atoms with van der Waals surface area (Å²) in [6.07, 6.45) is 0.434. The first-order valence-corrected chi connectivity index (χ1v) is 13.4. The molecular formula is C30H26BrClN2O5. The largest absolute Gasteiger partial charge is 0.457 e. The lowest BCUT2D eigenvalue weighted by atomic mass is 10.1. The quantitative estimate of drug-likeness (QED) is 0.180. The Labute approximate surface area is 239 Å². The van der Waals surface area contributed by atoms with Crippen LogP contribution in [0.1, 0.15) is 24.8 Å². The van der Waals surface area contributed by atoms with Crippen LogP contribution in [-0.4, -0.2) is 24.4 Å². The molecule has 2 N–H and O–H groups in total. The number of nitrogens with one attached hydrogen (secondary N) is 2. The molecule has 0 bridgehead atoms. The van der Waals surface area contributed by atoms with Crippen molar-refractivity contribution >= 4 is 67.5 Å². The van der Waals surface area contributed by atoms with Crippen molar-refractivity contribution in [2.75, 3.05) is 17.2 Å². The van der Waals surface area contributed by atoms with Crippen LogP contribution in [0.3, 0.4) is 0 Å². The molecule has 0 aliphatic heterocycles. The SMILES string of the molecule is Cc1cc(Br)c(Cl)cc1NC(=O)COC(=O)CCCC(=O)Nc1ccc(Oc2cccc3ccccc23)cc1. The normalized spacial score (nSPS) is 10.6. The van der Waals surface area contributed by atoms with Crippen molar-refractivity contribution in [3.63, 3.8) is 0 Å². The van der Waals surface area contributed by atoms with E-state index in [2.05, 4.69) is 26.6 Å². The minimum atomic E-state index is -0.557. The molecule has 2 amide bonds. The van der Waals surface area contributed by atoms with Crippen molar-refractivity contribution in [2.24, 2.45) is 0 Å². The highest BCUT2D eigenvalue weighted by Crippen LogP contribution is 2.31. The van der Waals surface area contributed by atoms with Crippen molar-refractivity contribution in [1.82, 2.24) is 0 Å². The Morgan fingerprint density at radius 3 is 2.41 bits per heavy atom. The number of benzene rings is 4. The number of ether oxygens (including phenoxy) is 2. The van der Waals surface area contributed by atoms with E-state index in [9.17, 15) is 14.4 Å². The lowest BCUT2D eigenvalue weighted by Gasteiger charge is -2.11. The molecule has 0 fully saturated rings. The third-order valence-electron chi connectivity index (χ3n) is 5.81. The molecule has 39 heavy (non-hydrogen) atoms. The fourth-order valence-corrected chi connectivity index (χ4v) is 4.44. The van der Waals surface area contributed by atoms with Gasteiger partial charge in [-0.3, -0.25) is 14.4 Å². The first-order valence-electron chi connectivity index (χ1n) is 12.2. The van der Waals surface area contributed by atoms with E-state index < -0.39 is 18.5 Å². The number of amides is 2. The van der Waals surface area contributed by atoms with Gasteiger partial charge in [0.2, 0.25) is 5.91 Å². The van der Waals surface area contributed by atoms with Crippen molar-refractivity contribution in [3.05, 3.63) is 93.9 Å². The van der Waals surface area contributed by atoms with Gasteiger partial charge in [-0.2, -0.15) is 0 Å². The standard InChI is InChI=1S/C30H26BrClN2O5/c1-19-16-24(31)25(32)17-26(19)34-29(36)18-38-30(37)11-5-10-28(35)33-21-12-14-22(15-13-21)39-27-9-4-7-20-6-2-3-8-23(20)27/h2-4,6-9,12-17H,5,10-11,18H2,1H3,(H,33,35)(H,34,36). The number of fused-ring (bicyclic) bond motifs is 1. The molecule has 9 heteroatoms. The van der Waals surface area contributed by atoms with Gasteiger partial charge in [0.25, 0.3) is 5.91 Å². The third kappa shape index (κ3) is 8.05. The van der Waals surface area contributed by atoms with E-state index in [1.54, 1.807) is 36.4 Å². The second kappa shape index (κ2) is 13.3. The van der Waals surface area contributed by atoms with Gasteiger partial charge in [-0.1, -0.05) is 48.0 Å². The monoisotopic (exact) mass is 608 g/mol. The summed E-state index contributed by atoms with van der Waals surface area (Å²) in [5.74, 6) is 0.136. The van der Waals surface area contributed by atoms with Gasteiger partial charge in [0, 0.05) is 34.1 Å². The van der Waals surface area contributed by atoms with Crippen LogP contribution in [0.5, 0.6) is 11.5 Å². The average Bonchev–Trinajstić information content (AvgIpc) is 2.92. The number of aryl methyl sites for hydroxylation is 1. The number of esters is 1. The molecule has 0 atom stereocenters. The molecule has 0 aromatic heterocycles. The van der Waals surface area contributed by atoms with E-state index in [0.29, 0.717) is 22.1 Å². The zero-order chi connectivity index (χ0) is 27.8. The molecule has 0 heterocycles. The molecule has 0 aliphatic rings. The second-order valence-corrected chi connectivity index (χ2v) is 10.1. The van der Waals surface area contributed by atoms with Crippen LogP contribution in [0, 0.1) is 6.92 Å². The topological polar surface area (TPSA) is 93.7 Å². The van der Waals surface area contributed by atoms with Crippen LogP contribution in [0.4, 0.5) is 11.4 Å². The highest BCUT2D eigenvalue weighted by atomic mass is 79.9. The number of carbonyl (C=O) groups is 3. The highest BCUT2D eigenvalue weighted by molar-refractivity contribution is 9.10. The van der Waals surface area contributed by atoms with Gasteiger partial charge >= 0.3 is 5.97 Å². The molecule has 4 aromatic rings. The number of halogens is 2. The van der Waals surface area contributed by atoms with E-state index >= 15 is 0 Å². The third-order valence-corrected chi connectivity index (χ3v) is 7.00. The number of hydrogen-bond acceptors (Lipinski definition) is 5. The summed E-state index contributed by atoms with van der Waals surface area (Å²) in [7, 11) is 0. The number of rotatable bonds is 10. The van der Waals surface area contributed by atoms with Gasteiger partial charge in [0.15, 0.2) is 6.61 Å². The first-order chi connectivity index (χ1) is 18.8. The zero-order valence-electron chi connectivity index (χ0n) is 21.1.